The predicted octanol–water partition coefficient (Wildman–Crippen LogP) is 0.726. The van der Waals surface area contributed by atoms with Crippen LogP contribution in [0, 0.1) is 0 Å². The molecule has 0 aliphatic carbocycles. The Morgan fingerprint density at radius 3 is 2.72 bits per heavy atom. The second kappa shape index (κ2) is 6.11. The summed E-state index contributed by atoms with van der Waals surface area (Å²) < 4.78 is 0. The molecule has 0 bridgehead atoms. The summed E-state index contributed by atoms with van der Waals surface area (Å²) in [5.74, 6) is 0.874. The van der Waals surface area contributed by atoms with Gasteiger partial charge in [-0.1, -0.05) is 0 Å². The van der Waals surface area contributed by atoms with Crippen LogP contribution in [0.4, 0.5) is 5.95 Å². The minimum absolute atomic E-state index is 0.551. The van der Waals surface area contributed by atoms with Gasteiger partial charge in [0, 0.05) is 43.6 Å². The molecule has 1 saturated heterocycles. The number of rotatable bonds is 5. The lowest BCUT2D eigenvalue weighted by molar-refractivity contribution is 0.371. The van der Waals surface area contributed by atoms with E-state index in [1.54, 1.807) is 0 Å². The normalized spacial score (nSPS) is 19.8. The van der Waals surface area contributed by atoms with Crippen molar-refractivity contribution >= 4 is 5.95 Å². The molecule has 1 unspecified atom stereocenters. The summed E-state index contributed by atoms with van der Waals surface area (Å²) >= 11 is 0. The molecule has 18 heavy (non-hydrogen) atoms. The fourth-order valence-corrected chi connectivity index (χ4v) is 2.50. The van der Waals surface area contributed by atoms with Crippen LogP contribution in [0.1, 0.15) is 18.4 Å². The second-order valence-electron chi connectivity index (χ2n) is 5.17. The highest BCUT2D eigenvalue weighted by molar-refractivity contribution is 5.33. The molecule has 1 N–H and O–H groups in total. The molecule has 100 valence electrons. The summed E-state index contributed by atoms with van der Waals surface area (Å²) in [4.78, 5) is 13.6. The molecule has 5 heteroatoms. The number of nitrogens with zero attached hydrogens (tertiary/aromatic N) is 4. The average molecular weight is 249 g/mol. The lowest BCUT2D eigenvalue weighted by Gasteiger charge is -2.27. The summed E-state index contributed by atoms with van der Waals surface area (Å²) in [5.41, 5.74) is 1.13. The van der Waals surface area contributed by atoms with Crippen molar-refractivity contribution in [1.82, 2.24) is 20.2 Å². The van der Waals surface area contributed by atoms with Crippen molar-refractivity contribution in [3.63, 3.8) is 0 Å². The number of nitrogens with one attached hydrogen (secondary N) is 1. The Morgan fingerprint density at radius 1 is 1.39 bits per heavy atom. The quantitative estimate of drug-likeness (QED) is 0.833. The van der Waals surface area contributed by atoms with Crippen molar-refractivity contribution in [2.75, 3.05) is 39.1 Å². The van der Waals surface area contributed by atoms with Crippen molar-refractivity contribution in [3.8, 4) is 0 Å². The van der Waals surface area contributed by atoms with Crippen LogP contribution < -0.4 is 10.2 Å². The summed E-state index contributed by atoms with van der Waals surface area (Å²) in [5, 5.41) is 3.11. The van der Waals surface area contributed by atoms with Gasteiger partial charge in [-0.25, -0.2) is 9.97 Å². The van der Waals surface area contributed by atoms with Crippen LogP contribution in [0.3, 0.4) is 0 Å². The van der Waals surface area contributed by atoms with E-state index in [4.69, 9.17) is 0 Å². The molecule has 0 saturated carbocycles. The van der Waals surface area contributed by atoms with E-state index < -0.39 is 0 Å². The molecule has 0 spiro atoms. The Labute approximate surface area is 109 Å². The highest BCUT2D eigenvalue weighted by atomic mass is 15.3. The molecule has 0 amide bonds. The molecular weight excluding hydrogens is 226 g/mol. The number of aromatic nitrogens is 2. The fraction of sp³-hybridized carbons (Fsp3) is 0.692. The van der Waals surface area contributed by atoms with E-state index >= 15 is 0 Å². The third-order valence-electron chi connectivity index (χ3n) is 3.28. The second-order valence-corrected chi connectivity index (χ2v) is 5.17. The summed E-state index contributed by atoms with van der Waals surface area (Å²) in [7, 11) is 6.17. The molecule has 1 aliphatic heterocycles. The Morgan fingerprint density at radius 2 is 2.11 bits per heavy atom. The smallest absolute Gasteiger partial charge is 0.225 e. The first-order valence-electron chi connectivity index (χ1n) is 6.57. The lowest BCUT2D eigenvalue weighted by atomic mass is 10.2. The zero-order chi connectivity index (χ0) is 13.0. The largest absolute Gasteiger partial charge is 0.337 e. The van der Waals surface area contributed by atoms with Gasteiger partial charge < -0.3 is 15.1 Å². The van der Waals surface area contributed by atoms with Crippen LogP contribution in [0.15, 0.2) is 12.4 Å². The molecule has 0 radical (unpaired) electrons. The number of anilines is 1. The monoisotopic (exact) mass is 249 g/mol. The topological polar surface area (TPSA) is 44.3 Å². The Hall–Kier alpha value is -1.20. The Balaban J connectivity index is 2.05. The Bertz CT molecular complexity index is 362. The maximum absolute atomic E-state index is 4.49. The first-order valence-corrected chi connectivity index (χ1v) is 6.57. The lowest BCUT2D eigenvalue weighted by Crippen LogP contribution is -2.38. The van der Waals surface area contributed by atoms with Gasteiger partial charge in [0.05, 0.1) is 0 Å². The zero-order valence-corrected chi connectivity index (χ0v) is 11.6. The predicted molar refractivity (Wildman–Crippen MR) is 73.7 cm³/mol. The SMILES string of the molecule is CNCc1cnc(N2CCCC2CN(C)C)nc1. The van der Waals surface area contributed by atoms with Crippen molar-refractivity contribution in [2.24, 2.45) is 0 Å². The summed E-state index contributed by atoms with van der Waals surface area (Å²) in [6.45, 7) is 2.97. The average Bonchev–Trinajstić information content (AvgIpc) is 2.78. The van der Waals surface area contributed by atoms with Crippen LogP contribution in [0.2, 0.25) is 0 Å². The van der Waals surface area contributed by atoms with Crippen molar-refractivity contribution in [1.29, 1.82) is 0 Å². The van der Waals surface area contributed by atoms with E-state index in [1.807, 2.05) is 19.4 Å². The van der Waals surface area contributed by atoms with Crippen LogP contribution in [0.5, 0.6) is 0 Å². The van der Waals surface area contributed by atoms with Gasteiger partial charge in [-0.15, -0.1) is 0 Å². The minimum Gasteiger partial charge on any atom is -0.337 e. The van der Waals surface area contributed by atoms with E-state index in [1.165, 1.54) is 12.8 Å². The fourth-order valence-electron chi connectivity index (χ4n) is 2.50. The van der Waals surface area contributed by atoms with E-state index in [0.29, 0.717) is 6.04 Å². The molecule has 2 heterocycles. The number of likely N-dealkylation sites (N-methyl/N-ethyl adjacent to an activating group) is 1. The van der Waals surface area contributed by atoms with Crippen LogP contribution in [0.25, 0.3) is 0 Å². The molecule has 1 aromatic heterocycles. The maximum atomic E-state index is 4.49. The van der Waals surface area contributed by atoms with Crippen molar-refractivity contribution in [2.45, 2.75) is 25.4 Å². The van der Waals surface area contributed by atoms with Crippen molar-refractivity contribution in [3.05, 3.63) is 18.0 Å². The number of hydrogen-bond acceptors (Lipinski definition) is 5. The van der Waals surface area contributed by atoms with Gasteiger partial charge in [-0.05, 0) is 34.0 Å². The molecule has 0 aromatic carbocycles. The molecule has 1 fully saturated rings. The summed E-state index contributed by atoms with van der Waals surface area (Å²) in [6, 6.07) is 0.551. The van der Waals surface area contributed by atoms with Gasteiger partial charge in [0.2, 0.25) is 5.95 Å². The van der Waals surface area contributed by atoms with Crippen LogP contribution in [-0.4, -0.2) is 55.1 Å². The highest BCUT2D eigenvalue weighted by Gasteiger charge is 2.26. The Kier molecular flexibility index (Phi) is 4.49. The highest BCUT2D eigenvalue weighted by Crippen LogP contribution is 2.22. The van der Waals surface area contributed by atoms with Crippen molar-refractivity contribution < 1.29 is 0 Å². The van der Waals surface area contributed by atoms with Gasteiger partial charge in [0.1, 0.15) is 0 Å². The summed E-state index contributed by atoms with van der Waals surface area (Å²) in [6.07, 6.45) is 6.31. The third-order valence-corrected chi connectivity index (χ3v) is 3.28. The van der Waals surface area contributed by atoms with Gasteiger partial charge >= 0.3 is 0 Å². The van der Waals surface area contributed by atoms with Crippen LogP contribution in [-0.2, 0) is 6.54 Å². The van der Waals surface area contributed by atoms with Gasteiger partial charge in [-0.3, -0.25) is 0 Å². The van der Waals surface area contributed by atoms with E-state index in [9.17, 15) is 0 Å². The zero-order valence-electron chi connectivity index (χ0n) is 11.6. The molecule has 1 atom stereocenters. The molecule has 1 aliphatic rings. The first-order chi connectivity index (χ1) is 8.70. The van der Waals surface area contributed by atoms with E-state index in [-0.39, 0.29) is 0 Å². The van der Waals surface area contributed by atoms with E-state index in [2.05, 4.69) is 39.2 Å². The maximum Gasteiger partial charge on any atom is 0.225 e. The molecule has 1 aromatic rings. The first kappa shape index (κ1) is 13.2. The molecule has 2 rings (SSSR count). The number of hydrogen-bond donors (Lipinski definition) is 1. The third kappa shape index (κ3) is 3.17. The molecular formula is C13H23N5. The van der Waals surface area contributed by atoms with Gasteiger partial charge in [0.15, 0.2) is 0 Å². The van der Waals surface area contributed by atoms with Crippen LogP contribution >= 0.6 is 0 Å². The molecule has 5 nitrogen and oxygen atoms in total. The van der Waals surface area contributed by atoms with Gasteiger partial charge in [0.25, 0.3) is 0 Å². The minimum atomic E-state index is 0.551. The van der Waals surface area contributed by atoms with Gasteiger partial charge in [-0.2, -0.15) is 0 Å². The standard InChI is InChI=1S/C13H23N5/c1-14-7-11-8-15-13(16-9-11)18-6-4-5-12(18)10-17(2)3/h8-9,12,14H,4-7,10H2,1-3H3. The van der Waals surface area contributed by atoms with E-state index in [0.717, 1.165) is 31.1 Å².